The maximum atomic E-state index is 12.6. The van der Waals surface area contributed by atoms with Crippen molar-refractivity contribution in [2.45, 2.75) is 89.9 Å². The highest BCUT2D eigenvalue weighted by molar-refractivity contribution is 5.76. The lowest BCUT2D eigenvalue weighted by atomic mass is 10.1. The Balaban J connectivity index is 3.96. The van der Waals surface area contributed by atoms with Crippen molar-refractivity contribution in [2.75, 3.05) is 33.7 Å². The van der Waals surface area contributed by atoms with Crippen molar-refractivity contribution >= 4 is 17.8 Å². The number of carbonyl (C=O) groups is 3. The molecule has 29 heavy (non-hydrogen) atoms. The lowest BCUT2D eigenvalue weighted by molar-refractivity contribution is -0.138. The Morgan fingerprint density at radius 2 is 0.966 bits per heavy atom. The number of likely N-dealkylation sites (N-methyl/N-ethyl adjacent to an activating group) is 1. The summed E-state index contributed by atoms with van der Waals surface area (Å²) in [5.41, 5.74) is 0. The van der Waals surface area contributed by atoms with Crippen LogP contribution in [0.15, 0.2) is 0 Å². The Morgan fingerprint density at radius 1 is 0.552 bits per heavy atom. The summed E-state index contributed by atoms with van der Waals surface area (Å²) in [6.07, 6.45) is 11.4. The molecule has 2 N–H and O–H groups in total. The normalized spacial score (nSPS) is 11.0. The number of carbonyl (C=O) groups excluding carboxylic acids is 1. The third kappa shape index (κ3) is 19.5. The minimum atomic E-state index is -0.739. The molecule has 0 heterocycles. The van der Waals surface area contributed by atoms with Gasteiger partial charge < -0.3 is 20.0 Å². The second-order valence-electron chi connectivity index (χ2n) is 8.11. The molecule has 0 fully saturated rings. The Hall–Kier alpha value is -1.63. The third-order valence-electron chi connectivity index (χ3n) is 5.02. The SMILES string of the molecule is CN(C)CCN(CCCCCCCCC(=O)O)C(=O)CCCCCCCC(=O)O. The molecule has 0 aliphatic heterocycles. The van der Waals surface area contributed by atoms with Crippen LogP contribution < -0.4 is 0 Å². The highest BCUT2D eigenvalue weighted by Crippen LogP contribution is 2.11. The molecule has 1 amide bonds. The van der Waals surface area contributed by atoms with Crippen molar-refractivity contribution < 1.29 is 24.6 Å². The molecule has 7 heteroatoms. The van der Waals surface area contributed by atoms with E-state index in [1.807, 2.05) is 19.0 Å². The number of unbranched alkanes of at least 4 members (excludes halogenated alkanes) is 9. The summed E-state index contributed by atoms with van der Waals surface area (Å²) in [5, 5.41) is 17.3. The van der Waals surface area contributed by atoms with E-state index in [9.17, 15) is 14.4 Å². The fraction of sp³-hybridized carbons (Fsp3) is 0.864. The predicted molar refractivity (Wildman–Crippen MR) is 115 cm³/mol. The minimum absolute atomic E-state index is 0.221. The highest BCUT2D eigenvalue weighted by atomic mass is 16.4. The van der Waals surface area contributed by atoms with Crippen LogP contribution in [0.3, 0.4) is 0 Å². The summed E-state index contributed by atoms with van der Waals surface area (Å²) in [5.74, 6) is -1.24. The van der Waals surface area contributed by atoms with Gasteiger partial charge in [0, 0.05) is 38.9 Å². The van der Waals surface area contributed by atoms with Crippen LogP contribution in [-0.2, 0) is 14.4 Å². The molecule has 0 aromatic rings. The second-order valence-corrected chi connectivity index (χ2v) is 8.11. The third-order valence-corrected chi connectivity index (χ3v) is 5.02. The molecule has 0 aliphatic rings. The molecule has 170 valence electrons. The van der Waals surface area contributed by atoms with Crippen molar-refractivity contribution in [2.24, 2.45) is 0 Å². The van der Waals surface area contributed by atoms with E-state index in [1.165, 1.54) is 0 Å². The monoisotopic (exact) mass is 414 g/mol. The van der Waals surface area contributed by atoms with E-state index < -0.39 is 11.9 Å². The molecule has 0 aromatic heterocycles. The topological polar surface area (TPSA) is 98.2 Å². The summed E-state index contributed by atoms with van der Waals surface area (Å²) in [6, 6.07) is 0. The average molecular weight is 415 g/mol. The van der Waals surface area contributed by atoms with Gasteiger partial charge in [0.2, 0.25) is 5.91 Å². The Kier molecular flexibility index (Phi) is 17.4. The van der Waals surface area contributed by atoms with Gasteiger partial charge in [-0.3, -0.25) is 14.4 Å². The Bertz CT molecular complexity index is 454. The van der Waals surface area contributed by atoms with Crippen LogP contribution in [0.1, 0.15) is 89.9 Å². The highest BCUT2D eigenvalue weighted by Gasteiger charge is 2.13. The second kappa shape index (κ2) is 18.4. The number of hydrogen-bond acceptors (Lipinski definition) is 4. The summed E-state index contributed by atoms with van der Waals surface area (Å²) in [4.78, 5) is 37.6. The maximum Gasteiger partial charge on any atom is 0.303 e. The fourth-order valence-electron chi connectivity index (χ4n) is 3.21. The van der Waals surface area contributed by atoms with Gasteiger partial charge in [-0.2, -0.15) is 0 Å². The van der Waals surface area contributed by atoms with Crippen LogP contribution in [0.2, 0.25) is 0 Å². The molecule has 0 saturated heterocycles. The van der Waals surface area contributed by atoms with Crippen LogP contribution in [0.5, 0.6) is 0 Å². The first-order valence-electron chi connectivity index (χ1n) is 11.2. The van der Waals surface area contributed by atoms with Gasteiger partial charge in [-0.25, -0.2) is 0 Å². The molecule has 0 bridgehead atoms. The van der Waals surface area contributed by atoms with E-state index in [-0.39, 0.29) is 18.7 Å². The Labute approximate surface area is 176 Å². The number of rotatable bonds is 20. The number of hydrogen-bond donors (Lipinski definition) is 2. The largest absolute Gasteiger partial charge is 0.481 e. The van der Waals surface area contributed by atoms with E-state index in [0.717, 1.165) is 83.8 Å². The van der Waals surface area contributed by atoms with Crippen LogP contribution in [-0.4, -0.2) is 71.6 Å². The standard InChI is InChI=1S/C22H42N2O5/c1-23(2)18-19-24(17-13-9-4-3-7-11-15-21(26)27)20(25)14-10-6-5-8-12-16-22(28)29/h3-19H2,1-2H3,(H,26,27)(H,28,29). The van der Waals surface area contributed by atoms with Crippen LogP contribution in [0.25, 0.3) is 0 Å². The minimum Gasteiger partial charge on any atom is -0.481 e. The summed E-state index contributed by atoms with van der Waals surface area (Å²) < 4.78 is 0. The summed E-state index contributed by atoms with van der Waals surface area (Å²) in [7, 11) is 4.02. The molecule has 7 nitrogen and oxygen atoms in total. The number of nitrogens with zero attached hydrogens (tertiary/aromatic N) is 2. The van der Waals surface area contributed by atoms with Crippen LogP contribution >= 0.6 is 0 Å². The molecule has 0 atom stereocenters. The molecule has 0 saturated carbocycles. The van der Waals surface area contributed by atoms with Gasteiger partial charge in [-0.15, -0.1) is 0 Å². The number of amides is 1. The maximum absolute atomic E-state index is 12.6. The quantitative estimate of drug-likeness (QED) is 0.292. The number of carboxylic acid groups (broad SMARTS) is 2. The van der Waals surface area contributed by atoms with Gasteiger partial charge >= 0.3 is 11.9 Å². The molecule has 0 radical (unpaired) electrons. The summed E-state index contributed by atoms with van der Waals surface area (Å²) in [6.45, 7) is 2.40. The van der Waals surface area contributed by atoms with E-state index in [2.05, 4.69) is 4.90 Å². The lowest BCUT2D eigenvalue weighted by Crippen LogP contribution is -2.37. The first-order valence-corrected chi connectivity index (χ1v) is 11.2. The Morgan fingerprint density at radius 3 is 1.41 bits per heavy atom. The van der Waals surface area contributed by atoms with E-state index in [0.29, 0.717) is 12.8 Å². The fourth-order valence-corrected chi connectivity index (χ4v) is 3.21. The molecular formula is C22H42N2O5. The van der Waals surface area contributed by atoms with Gasteiger partial charge in [-0.1, -0.05) is 44.9 Å². The number of aliphatic carboxylic acids is 2. The van der Waals surface area contributed by atoms with Crippen LogP contribution in [0.4, 0.5) is 0 Å². The van der Waals surface area contributed by atoms with Gasteiger partial charge in [-0.05, 0) is 39.8 Å². The molecule has 0 aromatic carbocycles. The van der Waals surface area contributed by atoms with Crippen molar-refractivity contribution in [3.8, 4) is 0 Å². The smallest absolute Gasteiger partial charge is 0.303 e. The first-order chi connectivity index (χ1) is 13.8. The van der Waals surface area contributed by atoms with E-state index in [4.69, 9.17) is 10.2 Å². The van der Waals surface area contributed by atoms with E-state index >= 15 is 0 Å². The van der Waals surface area contributed by atoms with Gasteiger partial charge in [0.25, 0.3) is 0 Å². The van der Waals surface area contributed by atoms with Crippen molar-refractivity contribution in [3.05, 3.63) is 0 Å². The molecule has 0 aliphatic carbocycles. The zero-order valence-electron chi connectivity index (χ0n) is 18.5. The molecule has 0 spiro atoms. The van der Waals surface area contributed by atoms with Crippen molar-refractivity contribution in [1.82, 2.24) is 9.80 Å². The van der Waals surface area contributed by atoms with E-state index in [1.54, 1.807) is 0 Å². The summed E-state index contributed by atoms with van der Waals surface area (Å²) >= 11 is 0. The predicted octanol–water partition coefficient (Wildman–Crippen LogP) is 4.01. The first kappa shape index (κ1) is 27.4. The molecule has 0 rings (SSSR count). The molecule has 0 unspecified atom stereocenters. The van der Waals surface area contributed by atoms with Crippen LogP contribution in [0, 0.1) is 0 Å². The van der Waals surface area contributed by atoms with Gasteiger partial charge in [0.05, 0.1) is 0 Å². The molecular weight excluding hydrogens is 372 g/mol. The lowest BCUT2D eigenvalue weighted by Gasteiger charge is -2.24. The number of carboxylic acids is 2. The van der Waals surface area contributed by atoms with Crippen molar-refractivity contribution in [1.29, 1.82) is 0 Å². The zero-order valence-corrected chi connectivity index (χ0v) is 18.5. The average Bonchev–Trinajstić information content (AvgIpc) is 2.64. The zero-order chi connectivity index (χ0) is 21.9. The van der Waals surface area contributed by atoms with Crippen molar-refractivity contribution in [3.63, 3.8) is 0 Å². The van der Waals surface area contributed by atoms with Gasteiger partial charge in [0.1, 0.15) is 0 Å². The van der Waals surface area contributed by atoms with Gasteiger partial charge in [0.15, 0.2) is 0 Å².